The third-order valence-corrected chi connectivity index (χ3v) is 6.00. The summed E-state index contributed by atoms with van der Waals surface area (Å²) in [5.74, 6) is -2.76. The molecular formula is C26H24F3N3O2. The second kappa shape index (κ2) is 9.69. The maximum atomic E-state index is 10.6. The minimum atomic E-state index is -5.08. The van der Waals surface area contributed by atoms with Gasteiger partial charge in [0.2, 0.25) is 0 Å². The summed E-state index contributed by atoms with van der Waals surface area (Å²) in [6.07, 6.45) is -1.05. The van der Waals surface area contributed by atoms with Gasteiger partial charge in [0.05, 0.1) is 17.4 Å². The highest BCUT2D eigenvalue weighted by atomic mass is 19.4. The van der Waals surface area contributed by atoms with Crippen molar-refractivity contribution in [3.8, 4) is 11.1 Å². The smallest absolute Gasteiger partial charge is 0.475 e. The lowest BCUT2D eigenvalue weighted by Gasteiger charge is -2.13. The number of aromatic amines is 1. The molecule has 0 radical (unpaired) electrons. The van der Waals surface area contributed by atoms with Gasteiger partial charge in [-0.25, -0.2) is 9.78 Å². The average Bonchev–Trinajstić information content (AvgIpc) is 3.45. The molecule has 0 aliphatic heterocycles. The Kier molecular flexibility index (Phi) is 6.70. The molecule has 1 heterocycles. The van der Waals surface area contributed by atoms with Crippen LogP contribution in [-0.2, 0) is 24.2 Å². The number of carbonyl (C=O) groups is 1. The molecular weight excluding hydrogens is 443 g/mol. The van der Waals surface area contributed by atoms with Crippen molar-refractivity contribution < 1.29 is 23.1 Å². The van der Waals surface area contributed by atoms with Crippen molar-refractivity contribution in [2.24, 2.45) is 0 Å². The number of rotatable bonds is 4. The number of H-pyrrole nitrogens is 1. The van der Waals surface area contributed by atoms with Gasteiger partial charge in [0.25, 0.3) is 0 Å². The van der Waals surface area contributed by atoms with Crippen LogP contribution in [-0.4, -0.2) is 33.3 Å². The summed E-state index contributed by atoms with van der Waals surface area (Å²) in [5.41, 5.74) is 10.2. The Bertz CT molecular complexity index is 1270. The number of aryl methyl sites for hydroxylation is 1. The molecule has 0 fully saturated rings. The molecule has 0 saturated heterocycles. The molecule has 8 heteroatoms. The van der Waals surface area contributed by atoms with E-state index in [2.05, 4.69) is 82.9 Å². The minimum Gasteiger partial charge on any atom is -0.475 e. The summed E-state index contributed by atoms with van der Waals surface area (Å²) < 4.78 is 31.7. The molecule has 176 valence electrons. The average molecular weight is 467 g/mol. The van der Waals surface area contributed by atoms with E-state index in [1.54, 1.807) is 6.33 Å². The number of nitrogens with one attached hydrogen (secondary N) is 2. The highest BCUT2D eigenvalue weighted by Gasteiger charge is 2.38. The zero-order valence-corrected chi connectivity index (χ0v) is 18.5. The molecule has 0 unspecified atom stereocenters. The van der Waals surface area contributed by atoms with Crippen LogP contribution in [0.4, 0.5) is 13.2 Å². The van der Waals surface area contributed by atoms with Crippen molar-refractivity contribution in [1.82, 2.24) is 15.3 Å². The largest absolute Gasteiger partial charge is 0.490 e. The summed E-state index contributed by atoms with van der Waals surface area (Å²) >= 11 is 0. The highest BCUT2D eigenvalue weighted by molar-refractivity contribution is 5.86. The van der Waals surface area contributed by atoms with Crippen molar-refractivity contribution >= 4 is 17.0 Å². The van der Waals surface area contributed by atoms with Gasteiger partial charge in [0, 0.05) is 12.6 Å². The van der Waals surface area contributed by atoms with E-state index >= 15 is 0 Å². The molecule has 0 atom stereocenters. The number of aliphatic carboxylic acids is 1. The molecule has 1 aliphatic carbocycles. The van der Waals surface area contributed by atoms with E-state index in [9.17, 15) is 13.2 Å². The fraction of sp³-hybridized carbons (Fsp3) is 0.231. The fourth-order valence-electron chi connectivity index (χ4n) is 4.23. The molecule has 3 aromatic carbocycles. The Morgan fingerprint density at radius 1 is 1.06 bits per heavy atom. The van der Waals surface area contributed by atoms with Gasteiger partial charge in [-0.1, -0.05) is 54.6 Å². The molecule has 5 rings (SSSR count). The van der Waals surface area contributed by atoms with Crippen molar-refractivity contribution in [1.29, 1.82) is 0 Å². The van der Waals surface area contributed by atoms with Crippen molar-refractivity contribution in [3.63, 3.8) is 0 Å². The number of hydrogen-bond donors (Lipinski definition) is 3. The van der Waals surface area contributed by atoms with Crippen LogP contribution in [0.15, 0.2) is 67.0 Å². The second-order valence-electron chi connectivity index (χ2n) is 8.29. The number of aromatic nitrogens is 2. The number of alkyl halides is 3. The Balaban J connectivity index is 0.000000344. The van der Waals surface area contributed by atoms with Gasteiger partial charge in [-0.3, -0.25) is 0 Å². The zero-order valence-electron chi connectivity index (χ0n) is 18.5. The van der Waals surface area contributed by atoms with Gasteiger partial charge in [-0.15, -0.1) is 0 Å². The fourth-order valence-corrected chi connectivity index (χ4v) is 4.23. The molecule has 0 saturated carbocycles. The molecule has 3 N–H and O–H groups in total. The van der Waals surface area contributed by atoms with E-state index in [0.29, 0.717) is 6.04 Å². The summed E-state index contributed by atoms with van der Waals surface area (Å²) in [6.45, 7) is 3.06. The first-order valence-corrected chi connectivity index (χ1v) is 10.8. The van der Waals surface area contributed by atoms with Crippen LogP contribution >= 0.6 is 0 Å². The normalized spacial score (nSPS) is 13.4. The molecule has 4 aromatic rings. The predicted molar refractivity (Wildman–Crippen MR) is 124 cm³/mol. The number of nitrogens with zero attached hydrogens (tertiary/aromatic N) is 1. The van der Waals surface area contributed by atoms with E-state index in [4.69, 9.17) is 9.90 Å². The van der Waals surface area contributed by atoms with Gasteiger partial charge < -0.3 is 15.4 Å². The maximum Gasteiger partial charge on any atom is 0.490 e. The van der Waals surface area contributed by atoms with Crippen molar-refractivity contribution in [3.05, 3.63) is 89.2 Å². The zero-order chi connectivity index (χ0) is 24.3. The van der Waals surface area contributed by atoms with E-state index < -0.39 is 12.1 Å². The number of fused-ring (bicyclic) bond motifs is 2. The number of imidazole rings is 1. The van der Waals surface area contributed by atoms with E-state index in [0.717, 1.165) is 30.4 Å². The molecule has 34 heavy (non-hydrogen) atoms. The predicted octanol–water partition coefficient (Wildman–Crippen LogP) is 5.43. The van der Waals surface area contributed by atoms with Gasteiger partial charge in [0.1, 0.15) is 0 Å². The van der Waals surface area contributed by atoms with Crippen LogP contribution in [0.1, 0.15) is 22.3 Å². The quantitative estimate of drug-likeness (QED) is 0.374. The van der Waals surface area contributed by atoms with Crippen LogP contribution < -0.4 is 5.32 Å². The van der Waals surface area contributed by atoms with E-state index in [1.165, 1.54) is 33.4 Å². The first kappa shape index (κ1) is 23.5. The van der Waals surface area contributed by atoms with Crippen LogP contribution in [0.2, 0.25) is 0 Å². The standard InChI is InChI=1S/C24H23N3.C2HF3O2/c1-16-22(10-11-23-24(16)27-15-26-23)18-8-6-17(7-9-18)14-25-21-12-19-4-2-3-5-20(19)13-21;3-2(4,5)1(6)7/h2-11,15,21,25H,12-14H2,1H3,(H,26,27);(H,6,7). The first-order valence-electron chi connectivity index (χ1n) is 10.8. The van der Waals surface area contributed by atoms with Gasteiger partial charge in [0.15, 0.2) is 0 Å². The van der Waals surface area contributed by atoms with Crippen molar-refractivity contribution in [2.75, 3.05) is 0 Å². The van der Waals surface area contributed by atoms with Crippen LogP contribution in [0.3, 0.4) is 0 Å². The lowest BCUT2D eigenvalue weighted by Crippen LogP contribution is -2.28. The Labute approximate surface area is 194 Å². The Morgan fingerprint density at radius 3 is 2.26 bits per heavy atom. The number of carboxylic acid groups (broad SMARTS) is 1. The molecule has 5 nitrogen and oxygen atoms in total. The Morgan fingerprint density at radius 2 is 1.68 bits per heavy atom. The first-order chi connectivity index (χ1) is 16.2. The summed E-state index contributed by atoms with van der Waals surface area (Å²) in [5, 5.41) is 10.8. The van der Waals surface area contributed by atoms with Crippen LogP contribution in [0.25, 0.3) is 22.2 Å². The molecule has 1 aliphatic rings. The molecule has 0 spiro atoms. The van der Waals surface area contributed by atoms with Crippen LogP contribution in [0, 0.1) is 6.92 Å². The van der Waals surface area contributed by atoms with Crippen molar-refractivity contribution in [2.45, 2.75) is 38.5 Å². The maximum absolute atomic E-state index is 10.6. The highest BCUT2D eigenvalue weighted by Crippen LogP contribution is 2.28. The SMILES string of the molecule is Cc1c(-c2ccc(CNC3Cc4ccccc4C3)cc2)ccc2[nH]cnc12.O=C(O)C(F)(F)F. The van der Waals surface area contributed by atoms with Gasteiger partial charge in [-0.2, -0.15) is 13.2 Å². The number of benzene rings is 3. The Hall–Kier alpha value is -3.65. The van der Waals surface area contributed by atoms with E-state index in [1.807, 2.05) is 0 Å². The monoisotopic (exact) mass is 467 g/mol. The lowest BCUT2D eigenvalue weighted by molar-refractivity contribution is -0.192. The topological polar surface area (TPSA) is 78.0 Å². The third kappa shape index (κ3) is 5.28. The van der Waals surface area contributed by atoms with E-state index in [-0.39, 0.29) is 0 Å². The molecule has 0 bridgehead atoms. The summed E-state index contributed by atoms with van der Waals surface area (Å²) in [4.78, 5) is 16.5. The van der Waals surface area contributed by atoms with Gasteiger partial charge >= 0.3 is 12.1 Å². The molecule has 1 aromatic heterocycles. The second-order valence-corrected chi connectivity index (χ2v) is 8.29. The number of carboxylic acids is 1. The number of hydrogen-bond acceptors (Lipinski definition) is 3. The number of halogens is 3. The minimum absolute atomic E-state index is 0.548. The van der Waals surface area contributed by atoms with Gasteiger partial charge in [-0.05, 0) is 59.2 Å². The van der Waals surface area contributed by atoms with Crippen LogP contribution in [0.5, 0.6) is 0 Å². The third-order valence-electron chi connectivity index (χ3n) is 6.00. The lowest BCUT2D eigenvalue weighted by atomic mass is 9.98. The summed E-state index contributed by atoms with van der Waals surface area (Å²) in [7, 11) is 0. The molecule has 0 amide bonds. The summed E-state index contributed by atoms with van der Waals surface area (Å²) in [6, 6.07) is 22.5.